The van der Waals surface area contributed by atoms with Gasteiger partial charge in [-0.25, -0.2) is 0 Å². The highest BCUT2D eigenvalue weighted by Gasteiger charge is 2.25. The maximum Gasteiger partial charge on any atom is 0.0548 e. The van der Waals surface area contributed by atoms with E-state index >= 15 is 0 Å². The summed E-state index contributed by atoms with van der Waals surface area (Å²) in [7, 11) is 0. The number of benzene rings is 10. The first kappa shape index (κ1) is 35.5. The second kappa shape index (κ2) is 14.2. The van der Waals surface area contributed by atoms with Crippen molar-refractivity contribution in [3.8, 4) is 67.0 Å². The van der Waals surface area contributed by atoms with Crippen LogP contribution in [-0.4, -0.2) is 9.13 Å². The van der Waals surface area contributed by atoms with E-state index in [-0.39, 0.29) is 0 Å². The molecule has 2 aromatic heterocycles. The molecule has 0 radical (unpaired) electrons. The van der Waals surface area contributed by atoms with E-state index in [2.05, 4.69) is 240 Å². The molecule has 1 aliphatic rings. The molecule has 12 aromatic rings. The third-order valence-corrected chi connectivity index (χ3v) is 13.4. The third kappa shape index (κ3) is 5.58. The van der Waals surface area contributed by atoms with Crippen molar-refractivity contribution in [2.45, 2.75) is 6.42 Å². The number of para-hydroxylation sites is 2. The van der Waals surface area contributed by atoms with Crippen molar-refractivity contribution in [3.63, 3.8) is 0 Å². The van der Waals surface area contributed by atoms with Gasteiger partial charge in [0.25, 0.3) is 0 Å². The number of hydrogen-bond donors (Lipinski definition) is 0. The summed E-state index contributed by atoms with van der Waals surface area (Å²) >= 11 is 0. The number of rotatable bonds is 6. The Labute approximate surface area is 366 Å². The molecule has 0 saturated carbocycles. The van der Waals surface area contributed by atoms with Gasteiger partial charge in [0.2, 0.25) is 0 Å². The molecule has 10 aromatic carbocycles. The van der Waals surface area contributed by atoms with Gasteiger partial charge in [0, 0.05) is 32.9 Å². The van der Waals surface area contributed by atoms with Gasteiger partial charge in [0.05, 0.1) is 22.1 Å². The summed E-state index contributed by atoms with van der Waals surface area (Å²) in [5, 5.41) is 5.06. The van der Waals surface area contributed by atoms with E-state index in [1.807, 2.05) is 0 Å². The van der Waals surface area contributed by atoms with Gasteiger partial charge in [-0.3, -0.25) is 0 Å². The molecule has 1 aliphatic carbocycles. The lowest BCUT2D eigenvalue weighted by atomic mass is 9.95. The van der Waals surface area contributed by atoms with Crippen LogP contribution in [0, 0.1) is 0 Å². The highest BCUT2D eigenvalue weighted by molar-refractivity contribution is 6.29. The van der Waals surface area contributed by atoms with Crippen molar-refractivity contribution in [1.82, 2.24) is 9.13 Å². The molecule has 13 rings (SSSR count). The number of hydrogen-bond acceptors (Lipinski definition) is 0. The molecule has 0 N–H and O–H groups in total. The highest BCUT2D eigenvalue weighted by Crippen LogP contribution is 2.47. The summed E-state index contributed by atoms with van der Waals surface area (Å²) in [6, 6.07) is 84.7. The third-order valence-electron chi connectivity index (χ3n) is 13.4. The molecular formula is C61H40N2. The first-order chi connectivity index (χ1) is 31.3. The minimum atomic E-state index is 0.914. The summed E-state index contributed by atoms with van der Waals surface area (Å²) in [6.45, 7) is 0. The maximum atomic E-state index is 2.48. The van der Waals surface area contributed by atoms with Gasteiger partial charge in [-0.2, -0.15) is 0 Å². The second-order valence-electron chi connectivity index (χ2n) is 16.8. The predicted molar refractivity (Wildman–Crippen MR) is 265 cm³/mol. The van der Waals surface area contributed by atoms with Crippen LogP contribution in [0.3, 0.4) is 0 Å². The van der Waals surface area contributed by atoms with E-state index in [0.717, 1.165) is 17.8 Å². The summed E-state index contributed by atoms with van der Waals surface area (Å²) in [5.74, 6) is 0. The van der Waals surface area contributed by atoms with E-state index in [1.165, 1.54) is 110 Å². The van der Waals surface area contributed by atoms with Crippen molar-refractivity contribution >= 4 is 43.6 Å². The van der Waals surface area contributed by atoms with Gasteiger partial charge in [0.1, 0.15) is 0 Å². The van der Waals surface area contributed by atoms with Gasteiger partial charge >= 0.3 is 0 Å². The summed E-state index contributed by atoms with van der Waals surface area (Å²) < 4.78 is 4.93. The SMILES string of the molecule is c1ccc(-c2ccc(-c3cccc(-n4c5ccccc5c5c6c7ccccc7n(-c7cccc(-c8cccc9c8Cc8c(-c%10ccccc%10)cccc8-9)c7)c6ccc54)c3)cc2)cc1. The Kier molecular flexibility index (Phi) is 8.01. The maximum absolute atomic E-state index is 2.48. The van der Waals surface area contributed by atoms with Crippen LogP contribution in [-0.2, 0) is 6.42 Å². The molecule has 2 heteroatoms. The van der Waals surface area contributed by atoms with Crippen molar-refractivity contribution < 1.29 is 0 Å². The topological polar surface area (TPSA) is 9.86 Å². The first-order valence-corrected chi connectivity index (χ1v) is 21.9. The lowest BCUT2D eigenvalue weighted by Gasteiger charge is -2.13. The van der Waals surface area contributed by atoms with Crippen LogP contribution < -0.4 is 0 Å². The summed E-state index contributed by atoms with van der Waals surface area (Å²) in [5.41, 5.74) is 22.6. The molecule has 0 fully saturated rings. The average molecular weight is 801 g/mol. The molecule has 0 unspecified atom stereocenters. The Balaban J connectivity index is 0.949. The Morgan fingerprint density at radius 3 is 1.22 bits per heavy atom. The Hall–Kier alpha value is -8.20. The van der Waals surface area contributed by atoms with Crippen LogP contribution >= 0.6 is 0 Å². The van der Waals surface area contributed by atoms with E-state index in [0.29, 0.717) is 0 Å². The van der Waals surface area contributed by atoms with Crippen molar-refractivity contribution in [3.05, 3.63) is 242 Å². The minimum absolute atomic E-state index is 0.914. The fraction of sp³-hybridized carbons (Fsp3) is 0.0164. The molecule has 0 aliphatic heterocycles. The van der Waals surface area contributed by atoms with E-state index < -0.39 is 0 Å². The molecule has 2 nitrogen and oxygen atoms in total. The zero-order valence-electron chi connectivity index (χ0n) is 34.5. The van der Waals surface area contributed by atoms with Crippen LogP contribution in [0.2, 0.25) is 0 Å². The molecule has 0 saturated heterocycles. The van der Waals surface area contributed by atoms with Crippen molar-refractivity contribution in [2.24, 2.45) is 0 Å². The quantitative estimate of drug-likeness (QED) is 0.159. The number of fused-ring (bicyclic) bond motifs is 10. The zero-order valence-corrected chi connectivity index (χ0v) is 34.5. The minimum Gasteiger partial charge on any atom is -0.309 e. The van der Waals surface area contributed by atoms with Crippen LogP contribution in [0.15, 0.2) is 231 Å². The fourth-order valence-corrected chi connectivity index (χ4v) is 10.6. The van der Waals surface area contributed by atoms with E-state index in [4.69, 9.17) is 0 Å². The van der Waals surface area contributed by atoms with Crippen LogP contribution in [0.25, 0.3) is 111 Å². The monoisotopic (exact) mass is 800 g/mol. The molecular weight excluding hydrogens is 761 g/mol. The Morgan fingerprint density at radius 2 is 0.651 bits per heavy atom. The molecule has 294 valence electrons. The normalized spacial score (nSPS) is 12.1. The van der Waals surface area contributed by atoms with Crippen LogP contribution in [0.4, 0.5) is 0 Å². The zero-order chi connectivity index (χ0) is 41.4. The predicted octanol–water partition coefficient (Wildman–Crippen LogP) is 16.1. The number of aromatic nitrogens is 2. The molecule has 63 heavy (non-hydrogen) atoms. The van der Waals surface area contributed by atoms with Gasteiger partial charge in [-0.15, -0.1) is 0 Å². The summed E-state index contributed by atoms with van der Waals surface area (Å²) in [4.78, 5) is 0. The second-order valence-corrected chi connectivity index (χ2v) is 16.8. The Bertz CT molecular complexity index is 3740. The first-order valence-electron chi connectivity index (χ1n) is 21.9. The smallest absolute Gasteiger partial charge is 0.0548 e. The van der Waals surface area contributed by atoms with Crippen LogP contribution in [0.1, 0.15) is 11.1 Å². The largest absolute Gasteiger partial charge is 0.309 e. The molecule has 0 bridgehead atoms. The van der Waals surface area contributed by atoms with Gasteiger partial charge in [0.15, 0.2) is 0 Å². The van der Waals surface area contributed by atoms with Gasteiger partial charge in [-0.05, 0) is 122 Å². The summed E-state index contributed by atoms with van der Waals surface area (Å²) in [6.07, 6.45) is 0.914. The molecule has 0 amide bonds. The molecule has 0 atom stereocenters. The van der Waals surface area contributed by atoms with Gasteiger partial charge < -0.3 is 9.13 Å². The Morgan fingerprint density at radius 1 is 0.254 bits per heavy atom. The van der Waals surface area contributed by atoms with Crippen molar-refractivity contribution in [1.29, 1.82) is 0 Å². The highest BCUT2D eigenvalue weighted by atomic mass is 15.0. The molecule has 2 heterocycles. The van der Waals surface area contributed by atoms with Crippen molar-refractivity contribution in [2.75, 3.05) is 0 Å². The fourth-order valence-electron chi connectivity index (χ4n) is 10.6. The molecule has 0 spiro atoms. The van der Waals surface area contributed by atoms with Crippen LogP contribution in [0.5, 0.6) is 0 Å². The van der Waals surface area contributed by atoms with E-state index in [1.54, 1.807) is 0 Å². The lowest BCUT2D eigenvalue weighted by Crippen LogP contribution is -1.96. The van der Waals surface area contributed by atoms with Gasteiger partial charge in [-0.1, -0.05) is 182 Å². The lowest BCUT2D eigenvalue weighted by molar-refractivity contribution is 1.17. The standard InChI is InChI=1S/C61H40N2/c1-3-15-40(16-4-1)41-31-33-42(34-32-41)44-19-11-21-46(37-44)62-56-29-9-7-23-52(56)60-58(62)35-36-59-61(60)53-24-8-10-30-57(53)63(59)47-22-12-20-45(38-47)49-26-14-28-51-50-27-13-25-48(54(50)39-55(49)51)43-17-5-2-6-18-43/h1-38H,39H2. The average Bonchev–Trinajstić information content (AvgIpc) is 4.03. The number of nitrogens with zero attached hydrogens (tertiary/aromatic N) is 2. The van der Waals surface area contributed by atoms with E-state index in [9.17, 15) is 0 Å².